The lowest BCUT2D eigenvalue weighted by Gasteiger charge is -2.26. The minimum atomic E-state index is -0.553. The Morgan fingerprint density at radius 3 is 2.90 bits per heavy atom. The second-order valence-electron chi connectivity index (χ2n) is 5.84. The van der Waals surface area contributed by atoms with E-state index >= 15 is 0 Å². The second-order valence-corrected chi connectivity index (χ2v) is 5.84. The van der Waals surface area contributed by atoms with Crippen molar-refractivity contribution in [3.8, 4) is 5.75 Å². The van der Waals surface area contributed by atoms with Gasteiger partial charge in [-0.2, -0.15) is 0 Å². The van der Waals surface area contributed by atoms with Crippen molar-refractivity contribution < 1.29 is 14.3 Å². The van der Waals surface area contributed by atoms with Gasteiger partial charge in [-0.3, -0.25) is 9.59 Å². The molecule has 1 saturated heterocycles. The SMILES string of the molecule is CC1(C(N)=O)CCN(c2cc3c(cc2N)OCC(=O)N3)C1. The molecule has 2 aliphatic heterocycles. The molecule has 1 aromatic carbocycles. The van der Waals surface area contributed by atoms with Crippen molar-refractivity contribution in [2.24, 2.45) is 11.1 Å². The van der Waals surface area contributed by atoms with Crippen LogP contribution in [0.1, 0.15) is 13.3 Å². The smallest absolute Gasteiger partial charge is 0.262 e. The first-order valence-corrected chi connectivity index (χ1v) is 6.80. The molecule has 7 heteroatoms. The van der Waals surface area contributed by atoms with Gasteiger partial charge in [-0.05, 0) is 19.4 Å². The number of rotatable bonds is 2. The highest BCUT2D eigenvalue weighted by atomic mass is 16.5. The largest absolute Gasteiger partial charge is 0.482 e. The molecule has 1 atom stereocenters. The van der Waals surface area contributed by atoms with Gasteiger partial charge >= 0.3 is 0 Å². The lowest BCUT2D eigenvalue weighted by Crippen LogP contribution is -2.37. The maximum Gasteiger partial charge on any atom is 0.262 e. The van der Waals surface area contributed by atoms with Crippen molar-refractivity contribution in [2.45, 2.75) is 13.3 Å². The Morgan fingerprint density at radius 1 is 1.48 bits per heavy atom. The van der Waals surface area contributed by atoms with Crippen LogP contribution in [0.25, 0.3) is 0 Å². The van der Waals surface area contributed by atoms with Crippen molar-refractivity contribution in [3.63, 3.8) is 0 Å². The van der Waals surface area contributed by atoms with Gasteiger partial charge < -0.3 is 26.4 Å². The van der Waals surface area contributed by atoms with Crippen molar-refractivity contribution in [1.82, 2.24) is 0 Å². The van der Waals surface area contributed by atoms with E-state index in [-0.39, 0.29) is 18.4 Å². The van der Waals surface area contributed by atoms with Gasteiger partial charge in [0.2, 0.25) is 5.91 Å². The number of carbonyl (C=O) groups is 2. The number of primary amides is 1. The van der Waals surface area contributed by atoms with Gasteiger partial charge in [0.15, 0.2) is 6.61 Å². The molecular weight excluding hydrogens is 272 g/mol. The number of nitrogen functional groups attached to an aromatic ring is 1. The van der Waals surface area contributed by atoms with E-state index in [9.17, 15) is 9.59 Å². The summed E-state index contributed by atoms with van der Waals surface area (Å²) < 4.78 is 5.33. The Balaban J connectivity index is 1.92. The Hall–Kier alpha value is -2.44. The molecule has 1 aromatic rings. The number of benzene rings is 1. The van der Waals surface area contributed by atoms with E-state index in [2.05, 4.69) is 5.32 Å². The van der Waals surface area contributed by atoms with Crippen LogP contribution in [0.5, 0.6) is 5.75 Å². The maximum absolute atomic E-state index is 11.5. The van der Waals surface area contributed by atoms with Crippen LogP contribution in [0.15, 0.2) is 12.1 Å². The van der Waals surface area contributed by atoms with Crippen LogP contribution in [0.3, 0.4) is 0 Å². The Bertz CT molecular complexity index is 631. The Labute approximate surface area is 122 Å². The van der Waals surface area contributed by atoms with E-state index in [1.165, 1.54) is 0 Å². The number of nitrogens with two attached hydrogens (primary N) is 2. The molecule has 1 fully saturated rings. The molecule has 2 amide bonds. The fourth-order valence-corrected chi connectivity index (χ4v) is 2.77. The molecule has 3 rings (SSSR count). The summed E-state index contributed by atoms with van der Waals surface area (Å²) in [4.78, 5) is 25.0. The normalized spacial score (nSPS) is 24.2. The highest BCUT2D eigenvalue weighted by Crippen LogP contribution is 2.40. The number of amides is 2. The first-order valence-electron chi connectivity index (χ1n) is 6.80. The van der Waals surface area contributed by atoms with E-state index in [4.69, 9.17) is 16.2 Å². The number of fused-ring (bicyclic) bond motifs is 1. The van der Waals surface area contributed by atoms with Crippen molar-refractivity contribution >= 4 is 28.9 Å². The molecule has 2 aliphatic rings. The minimum absolute atomic E-state index is 0.00471. The predicted octanol–water partition coefficient (Wildman–Crippen LogP) is 0.301. The first-order chi connectivity index (χ1) is 9.89. The topological polar surface area (TPSA) is 111 Å². The molecule has 21 heavy (non-hydrogen) atoms. The maximum atomic E-state index is 11.5. The van der Waals surface area contributed by atoms with Crippen LogP contribution in [0.4, 0.5) is 17.1 Å². The third kappa shape index (κ3) is 2.24. The quantitative estimate of drug-likeness (QED) is 0.678. The van der Waals surface area contributed by atoms with E-state index < -0.39 is 5.41 Å². The highest BCUT2D eigenvalue weighted by molar-refractivity contribution is 5.97. The molecule has 0 saturated carbocycles. The molecule has 5 N–H and O–H groups in total. The summed E-state index contributed by atoms with van der Waals surface area (Å²) in [5.41, 5.74) is 12.9. The highest BCUT2D eigenvalue weighted by Gasteiger charge is 2.39. The number of hydrogen-bond donors (Lipinski definition) is 3. The Morgan fingerprint density at radius 2 is 2.24 bits per heavy atom. The fraction of sp³-hybridized carbons (Fsp3) is 0.429. The van der Waals surface area contributed by atoms with Crippen LogP contribution in [-0.4, -0.2) is 31.5 Å². The molecule has 112 valence electrons. The van der Waals surface area contributed by atoms with Gasteiger partial charge in [0.05, 0.1) is 22.5 Å². The van der Waals surface area contributed by atoms with Crippen LogP contribution in [-0.2, 0) is 9.59 Å². The van der Waals surface area contributed by atoms with Gasteiger partial charge in [-0.25, -0.2) is 0 Å². The third-order valence-corrected chi connectivity index (χ3v) is 4.17. The molecular formula is C14H18N4O3. The van der Waals surface area contributed by atoms with Crippen LogP contribution in [0, 0.1) is 5.41 Å². The summed E-state index contributed by atoms with van der Waals surface area (Å²) in [7, 11) is 0. The summed E-state index contributed by atoms with van der Waals surface area (Å²) >= 11 is 0. The summed E-state index contributed by atoms with van der Waals surface area (Å²) in [6.45, 7) is 3.06. The van der Waals surface area contributed by atoms with Crippen molar-refractivity contribution in [2.75, 3.05) is 35.6 Å². The number of carbonyl (C=O) groups excluding carboxylic acids is 2. The average molecular weight is 290 g/mol. The summed E-state index contributed by atoms with van der Waals surface area (Å²) in [6.07, 6.45) is 0.682. The minimum Gasteiger partial charge on any atom is -0.482 e. The molecule has 0 aromatic heterocycles. The monoisotopic (exact) mass is 290 g/mol. The lowest BCUT2D eigenvalue weighted by atomic mass is 9.89. The van der Waals surface area contributed by atoms with Crippen LogP contribution >= 0.6 is 0 Å². The van der Waals surface area contributed by atoms with Crippen molar-refractivity contribution in [1.29, 1.82) is 0 Å². The van der Waals surface area contributed by atoms with E-state index in [1.54, 1.807) is 12.1 Å². The zero-order valence-corrected chi connectivity index (χ0v) is 11.8. The van der Waals surface area contributed by atoms with Crippen molar-refractivity contribution in [3.05, 3.63) is 12.1 Å². The number of nitrogens with one attached hydrogen (secondary N) is 1. The molecule has 0 aliphatic carbocycles. The molecule has 2 heterocycles. The van der Waals surface area contributed by atoms with Crippen LogP contribution < -0.4 is 26.4 Å². The zero-order valence-electron chi connectivity index (χ0n) is 11.8. The Kier molecular flexibility index (Phi) is 2.93. The first kappa shape index (κ1) is 13.5. The van der Waals surface area contributed by atoms with E-state index in [1.807, 2.05) is 11.8 Å². The third-order valence-electron chi connectivity index (χ3n) is 4.17. The number of anilines is 3. The molecule has 0 radical (unpaired) electrons. The molecule has 1 unspecified atom stereocenters. The number of ether oxygens (including phenoxy) is 1. The van der Waals surface area contributed by atoms with Gasteiger partial charge in [0, 0.05) is 19.2 Å². The van der Waals surface area contributed by atoms with E-state index in [0.29, 0.717) is 36.6 Å². The average Bonchev–Trinajstić information content (AvgIpc) is 2.82. The molecule has 7 nitrogen and oxygen atoms in total. The van der Waals surface area contributed by atoms with Crippen LogP contribution in [0.2, 0.25) is 0 Å². The summed E-state index contributed by atoms with van der Waals surface area (Å²) in [5, 5.41) is 2.76. The predicted molar refractivity (Wildman–Crippen MR) is 79.1 cm³/mol. The molecule has 0 spiro atoms. The standard InChI is InChI=1S/C14H18N4O3/c1-14(13(16)20)2-3-18(7-14)10-5-9-11(4-8(10)15)21-6-12(19)17-9/h4-5H,2-3,6-7,15H2,1H3,(H2,16,20)(H,17,19). The summed E-state index contributed by atoms with van der Waals surface area (Å²) in [6, 6.07) is 3.48. The molecule has 0 bridgehead atoms. The van der Waals surface area contributed by atoms with Gasteiger partial charge in [-0.1, -0.05) is 0 Å². The number of hydrogen-bond acceptors (Lipinski definition) is 5. The fourth-order valence-electron chi connectivity index (χ4n) is 2.77. The lowest BCUT2D eigenvalue weighted by molar-refractivity contribution is -0.125. The van der Waals surface area contributed by atoms with E-state index in [0.717, 1.165) is 5.69 Å². The van der Waals surface area contributed by atoms with Gasteiger partial charge in [0.25, 0.3) is 5.91 Å². The second kappa shape index (κ2) is 4.54. The van der Waals surface area contributed by atoms with Gasteiger partial charge in [0.1, 0.15) is 5.75 Å². The number of nitrogens with zero attached hydrogens (tertiary/aromatic N) is 1. The summed E-state index contributed by atoms with van der Waals surface area (Å²) in [5.74, 6) is 0.0625. The van der Waals surface area contributed by atoms with Gasteiger partial charge in [-0.15, -0.1) is 0 Å². The zero-order chi connectivity index (χ0) is 15.2.